The molecule has 0 amide bonds. The fourth-order valence-corrected chi connectivity index (χ4v) is 6.29. The number of aromatic nitrogens is 2. The summed E-state index contributed by atoms with van der Waals surface area (Å²) in [7, 11) is -1.02. The summed E-state index contributed by atoms with van der Waals surface area (Å²) in [6.45, 7) is 18.1. The zero-order valence-electron chi connectivity index (χ0n) is 24.7. The summed E-state index contributed by atoms with van der Waals surface area (Å²) in [4.78, 5) is 30.8. The van der Waals surface area contributed by atoms with Crippen LogP contribution in [0.1, 0.15) is 89.8 Å². The van der Waals surface area contributed by atoms with Crippen LogP contribution in [0.4, 0.5) is 8.78 Å². The molecule has 0 aliphatic rings. The number of ether oxygens (including phenoxy) is 1. The Morgan fingerprint density at radius 3 is 2.33 bits per heavy atom. The number of halogens is 3. The van der Waals surface area contributed by atoms with Crippen molar-refractivity contribution in [1.29, 1.82) is 0 Å². The number of carbonyl (C=O) groups is 1. The van der Waals surface area contributed by atoms with Crippen molar-refractivity contribution >= 4 is 38.4 Å². The van der Waals surface area contributed by atoms with Crippen molar-refractivity contribution in [2.45, 2.75) is 85.4 Å². The quantitative estimate of drug-likeness (QED) is 0.164. The molecule has 0 saturated heterocycles. The molecule has 0 N–H and O–H groups in total. The molecule has 0 aliphatic heterocycles. The molecule has 0 bridgehead atoms. The molecule has 0 radical (unpaired) electrons. The van der Waals surface area contributed by atoms with E-state index < -0.39 is 50.0 Å². The lowest BCUT2D eigenvalue weighted by molar-refractivity contribution is -0.00181. The second kappa shape index (κ2) is 11.7. The summed E-state index contributed by atoms with van der Waals surface area (Å²) in [6, 6.07) is 5.34. The van der Waals surface area contributed by atoms with Gasteiger partial charge in [0.1, 0.15) is 17.0 Å². The first-order valence-corrected chi connectivity index (χ1v) is 15.0. The van der Waals surface area contributed by atoms with Gasteiger partial charge in [0, 0.05) is 18.2 Å². The molecule has 2 aromatic heterocycles. The van der Waals surface area contributed by atoms with Gasteiger partial charge in [0.2, 0.25) is 11.4 Å². The van der Waals surface area contributed by atoms with Gasteiger partial charge in [-0.3, -0.25) is 4.79 Å². The second-order valence-corrected chi connectivity index (χ2v) is 16.0. The maximum Gasteiger partial charge on any atom is 0.343 e. The van der Waals surface area contributed by atoms with Crippen molar-refractivity contribution in [3.63, 3.8) is 0 Å². The van der Waals surface area contributed by atoms with Gasteiger partial charge in [-0.15, -0.1) is 0 Å². The van der Waals surface area contributed by atoms with Gasteiger partial charge in [0.25, 0.3) is 0 Å². The van der Waals surface area contributed by atoms with Crippen molar-refractivity contribution in [2.75, 3.05) is 6.61 Å². The molecular weight excluding hydrogens is 554 g/mol. The number of nitrogens with zero attached hydrogens (tertiary/aromatic N) is 2. The van der Waals surface area contributed by atoms with Crippen molar-refractivity contribution in [1.82, 2.24) is 9.55 Å². The highest BCUT2D eigenvalue weighted by molar-refractivity contribution is 6.32. The van der Waals surface area contributed by atoms with Crippen LogP contribution in [0, 0.1) is 17.2 Å². The van der Waals surface area contributed by atoms with Gasteiger partial charge in [-0.05, 0) is 48.9 Å². The number of fused-ring (bicyclic) bond motifs is 1. The summed E-state index contributed by atoms with van der Waals surface area (Å²) in [6.07, 6.45) is 1.23. The number of hydrogen-bond donors (Lipinski definition) is 0. The topological polar surface area (TPSA) is 70.4 Å². The SMILES string of the molecule is CCOC(=O)c1cn([C@@H](C(C)(C)C)C(C)(C)O[SiH2]C(C)(C)C)c2nc(F)c(Cc3cccc(Cl)c3F)cc2c1=O. The van der Waals surface area contributed by atoms with Crippen LogP contribution < -0.4 is 5.43 Å². The fraction of sp³-hybridized carbons (Fsp3) is 0.500. The maximum absolute atomic E-state index is 15.6. The molecule has 10 heteroatoms. The molecule has 0 spiro atoms. The van der Waals surface area contributed by atoms with Gasteiger partial charge < -0.3 is 13.7 Å². The summed E-state index contributed by atoms with van der Waals surface area (Å²) < 4.78 is 43.7. The Morgan fingerprint density at radius 2 is 1.75 bits per heavy atom. The predicted molar refractivity (Wildman–Crippen MR) is 158 cm³/mol. The summed E-state index contributed by atoms with van der Waals surface area (Å²) in [5.41, 5.74) is -1.84. The molecule has 0 aliphatic carbocycles. The van der Waals surface area contributed by atoms with E-state index in [9.17, 15) is 14.0 Å². The molecule has 6 nitrogen and oxygen atoms in total. The minimum atomic E-state index is -1.02. The average molecular weight is 593 g/mol. The smallest absolute Gasteiger partial charge is 0.343 e. The average Bonchev–Trinajstić information content (AvgIpc) is 2.82. The lowest BCUT2D eigenvalue weighted by atomic mass is 9.77. The first-order chi connectivity index (χ1) is 18.4. The van der Waals surface area contributed by atoms with Crippen LogP contribution in [-0.4, -0.2) is 37.5 Å². The van der Waals surface area contributed by atoms with Gasteiger partial charge in [-0.1, -0.05) is 65.3 Å². The third kappa shape index (κ3) is 6.98. The second-order valence-electron chi connectivity index (χ2n) is 12.9. The van der Waals surface area contributed by atoms with Crippen molar-refractivity contribution < 1.29 is 22.7 Å². The van der Waals surface area contributed by atoms with Crippen LogP contribution in [0.3, 0.4) is 0 Å². The van der Waals surface area contributed by atoms with E-state index in [1.54, 1.807) is 17.6 Å². The standard InChI is InChI=1S/C30H39ClF2N2O4Si/c1-10-38-26(37)20-16-35(27(28(2,3)4)30(8,9)39-40-29(5,6)7)25-19(23(20)36)15-18(24(33)34-25)14-17-12-11-13-21(31)22(17)32/h11-13,15-16,27H,10,14,40H2,1-9H3/t27-/m0/s1. The first kappa shape index (κ1) is 31.9. The highest BCUT2D eigenvalue weighted by Crippen LogP contribution is 2.43. The van der Waals surface area contributed by atoms with E-state index in [0.29, 0.717) is 0 Å². The van der Waals surface area contributed by atoms with Crippen molar-refractivity contribution in [3.05, 3.63) is 74.2 Å². The van der Waals surface area contributed by atoms with Crippen LogP contribution in [-0.2, 0) is 15.6 Å². The Kier molecular flexibility index (Phi) is 9.33. The molecule has 40 heavy (non-hydrogen) atoms. The highest BCUT2D eigenvalue weighted by Gasteiger charge is 2.42. The molecule has 0 unspecified atom stereocenters. The summed E-state index contributed by atoms with van der Waals surface area (Å²) in [5, 5.41) is -0.0498. The Hall–Kier alpha value is -2.62. The van der Waals surface area contributed by atoms with E-state index in [1.807, 2.05) is 34.6 Å². The Morgan fingerprint density at radius 1 is 1.10 bits per heavy atom. The van der Waals surface area contributed by atoms with Crippen LogP contribution >= 0.6 is 11.6 Å². The number of esters is 1. The molecule has 0 fully saturated rings. The first-order valence-electron chi connectivity index (χ1n) is 13.4. The molecule has 0 saturated carbocycles. The van der Waals surface area contributed by atoms with Gasteiger partial charge in [0.05, 0.1) is 28.7 Å². The van der Waals surface area contributed by atoms with Crippen molar-refractivity contribution in [2.24, 2.45) is 5.41 Å². The van der Waals surface area contributed by atoms with Gasteiger partial charge in [-0.25, -0.2) is 14.2 Å². The summed E-state index contributed by atoms with van der Waals surface area (Å²) >= 11 is 5.92. The maximum atomic E-state index is 15.6. The van der Waals surface area contributed by atoms with E-state index in [2.05, 4.69) is 25.8 Å². The van der Waals surface area contributed by atoms with E-state index in [4.69, 9.17) is 20.8 Å². The zero-order chi connectivity index (χ0) is 30.2. The third-order valence-electron chi connectivity index (χ3n) is 6.57. The fourth-order valence-electron chi connectivity index (χ4n) is 5.13. The predicted octanol–water partition coefficient (Wildman–Crippen LogP) is 6.78. The number of hydrogen-bond acceptors (Lipinski definition) is 5. The Bertz CT molecular complexity index is 1480. The molecule has 1 aromatic carbocycles. The minimum absolute atomic E-state index is 0.00119. The highest BCUT2D eigenvalue weighted by atomic mass is 35.5. The van der Waals surface area contributed by atoms with Crippen LogP contribution in [0.25, 0.3) is 11.0 Å². The lowest BCUT2D eigenvalue weighted by Gasteiger charge is -2.45. The zero-order valence-corrected chi connectivity index (χ0v) is 26.9. The Balaban J connectivity index is 2.34. The number of pyridine rings is 2. The largest absolute Gasteiger partial charge is 0.462 e. The minimum Gasteiger partial charge on any atom is -0.462 e. The normalized spacial score (nSPS) is 13.8. The van der Waals surface area contributed by atoms with E-state index in [0.717, 1.165) is 0 Å². The number of carbonyl (C=O) groups excluding carboxylic acids is 1. The molecule has 1 atom stereocenters. The van der Waals surface area contributed by atoms with Gasteiger partial charge >= 0.3 is 5.97 Å². The van der Waals surface area contributed by atoms with Gasteiger partial charge in [0.15, 0.2) is 9.76 Å². The van der Waals surface area contributed by atoms with E-state index in [1.165, 1.54) is 24.4 Å². The lowest BCUT2D eigenvalue weighted by Crippen LogP contribution is -2.46. The van der Waals surface area contributed by atoms with Crippen LogP contribution in [0.5, 0.6) is 0 Å². The Labute approximate surface area is 242 Å². The van der Waals surface area contributed by atoms with E-state index >= 15 is 4.39 Å². The summed E-state index contributed by atoms with van der Waals surface area (Å²) in [5.74, 6) is -2.30. The van der Waals surface area contributed by atoms with Gasteiger partial charge in [-0.2, -0.15) is 4.39 Å². The monoisotopic (exact) mass is 592 g/mol. The van der Waals surface area contributed by atoms with Crippen molar-refractivity contribution in [3.8, 4) is 0 Å². The van der Waals surface area contributed by atoms with E-state index in [-0.39, 0.29) is 50.8 Å². The van der Waals surface area contributed by atoms with Crippen LogP contribution in [0.15, 0.2) is 35.3 Å². The molecule has 3 aromatic rings. The third-order valence-corrected chi connectivity index (χ3v) is 8.62. The molecule has 3 rings (SSSR count). The number of benzene rings is 1. The number of rotatable bonds is 8. The van der Waals surface area contributed by atoms with Crippen LogP contribution in [0.2, 0.25) is 10.1 Å². The molecule has 2 heterocycles. The molecular formula is C30H39ClF2N2O4Si. The molecule has 218 valence electrons.